The van der Waals surface area contributed by atoms with Gasteiger partial charge < -0.3 is 23.9 Å². The number of fused-ring (bicyclic) bond motifs is 2. The Balaban J connectivity index is 1.56. The molecule has 0 bridgehead atoms. The van der Waals surface area contributed by atoms with Gasteiger partial charge >= 0.3 is 6.16 Å². The molecule has 0 atom stereocenters. The van der Waals surface area contributed by atoms with Crippen LogP contribution in [-0.4, -0.2) is 29.0 Å². The van der Waals surface area contributed by atoms with Gasteiger partial charge in [0.15, 0.2) is 17.2 Å². The maximum Gasteiger partial charge on any atom is 0.511 e. The molecule has 4 aromatic rings. The minimum atomic E-state index is -1.81. The van der Waals surface area contributed by atoms with Gasteiger partial charge in [-0.25, -0.2) is 18.0 Å². The molecule has 0 aliphatic carbocycles. The minimum absolute atomic E-state index is 0.0844. The van der Waals surface area contributed by atoms with Gasteiger partial charge in [0.2, 0.25) is 5.43 Å². The van der Waals surface area contributed by atoms with Crippen molar-refractivity contribution in [3.8, 4) is 28.4 Å². The van der Waals surface area contributed by atoms with Gasteiger partial charge in [-0.15, -0.1) is 0 Å². The molecular formula is C25H16F3NO6. The number of carbonyl (C=O) groups is 1. The van der Waals surface area contributed by atoms with E-state index >= 15 is 4.39 Å². The third-order valence-corrected chi connectivity index (χ3v) is 5.56. The molecule has 5 rings (SSSR count). The van der Waals surface area contributed by atoms with Crippen LogP contribution in [-0.2, 0) is 6.54 Å². The fourth-order valence-corrected chi connectivity index (χ4v) is 3.98. The van der Waals surface area contributed by atoms with Crippen molar-refractivity contribution in [3.05, 3.63) is 88.0 Å². The zero-order valence-corrected chi connectivity index (χ0v) is 17.9. The Morgan fingerprint density at radius 3 is 2.34 bits per heavy atom. The van der Waals surface area contributed by atoms with Crippen LogP contribution in [0.25, 0.3) is 22.0 Å². The van der Waals surface area contributed by atoms with Crippen LogP contribution in [0.1, 0.15) is 5.56 Å². The fourth-order valence-electron chi connectivity index (χ4n) is 3.98. The highest BCUT2D eigenvalue weighted by atomic mass is 19.1. The second-order valence-electron chi connectivity index (χ2n) is 7.74. The van der Waals surface area contributed by atoms with Crippen LogP contribution in [0.4, 0.5) is 18.0 Å². The molecule has 0 saturated heterocycles. The van der Waals surface area contributed by atoms with Crippen LogP contribution in [0.3, 0.4) is 0 Å². The number of rotatable bonds is 4. The van der Waals surface area contributed by atoms with Gasteiger partial charge in [-0.2, -0.15) is 0 Å². The monoisotopic (exact) mass is 483 g/mol. The Labute approximate surface area is 195 Å². The molecule has 0 unspecified atom stereocenters. The number of benzene rings is 3. The van der Waals surface area contributed by atoms with E-state index < -0.39 is 45.7 Å². The number of carboxylic acid groups (broad SMARTS) is 1. The zero-order chi connectivity index (χ0) is 24.7. The van der Waals surface area contributed by atoms with Gasteiger partial charge in [0.05, 0.1) is 23.6 Å². The first-order valence-corrected chi connectivity index (χ1v) is 10.4. The first-order chi connectivity index (χ1) is 16.8. The van der Waals surface area contributed by atoms with Crippen molar-refractivity contribution in [2.45, 2.75) is 6.54 Å². The molecule has 10 heteroatoms. The van der Waals surface area contributed by atoms with Crippen molar-refractivity contribution < 1.29 is 37.3 Å². The molecule has 0 spiro atoms. The lowest BCUT2D eigenvalue weighted by Gasteiger charge is -2.19. The maximum atomic E-state index is 15.1. The Morgan fingerprint density at radius 1 is 0.914 bits per heavy atom. The summed E-state index contributed by atoms with van der Waals surface area (Å²) < 4.78 is 60.7. The van der Waals surface area contributed by atoms with E-state index in [0.717, 1.165) is 22.9 Å². The average Bonchev–Trinajstić information content (AvgIpc) is 2.84. The lowest BCUT2D eigenvalue weighted by Crippen LogP contribution is -2.18. The van der Waals surface area contributed by atoms with E-state index in [-0.39, 0.29) is 12.1 Å². The van der Waals surface area contributed by atoms with Crippen LogP contribution >= 0.6 is 0 Å². The zero-order valence-electron chi connectivity index (χ0n) is 17.9. The summed E-state index contributed by atoms with van der Waals surface area (Å²) in [6.45, 7) is 0.515. The molecule has 1 aliphatic heterocycles. The van der Waals surface area contributed by atoms with Gasteiger partial charge in [-0.05, 0) is 41.5 Å². The predicted octanol–water partition coefficient (Wildman–Crippen LogP) is 4.96. The lowest BCUT2D eigenvalue weighted by atomic mass is 10.0. The van der Waals surface area contributed by atoms with Crippen molar-refractivity contribution in [2.75, 3.05) is 13.2 Å². The number of ether oxygens (including phenoxy) is 3. The largest absolute Gasteiger partial charge is 0.511 e. The standard InChI is InChI=1S/C25H16F3NO6/c26-16-4-5-17(27)23-22(16)24(30)21(35-25(31)32)12-29(23)11-15-2-1-13(9-18(15)28)14-3-6-19-20(10-14)34-8-7-33-19/h1-6,9-10,12H,7-8,11H2,(H,31,32). The number of halogens is 3. The Hall–Kier alpha value is -4.47. The highest BCUT2D eigenvalue weighted by Gasteiger charge is 2.20. The maximum absolute atomic E-state index is 15.1. The Kier molecular flexibility index (Phi) is 5.56. The molecule has 0 saturated carbocycles. The molecular weight excluding hydrogens is 467 g/mol. The number of nitrogens with zero attached hydrogens (tertiary/aromatic N) is 1. The van der Waals surface area contributed by atoms with Crippen molar-refractivity contribution >= 4 is 17.1 Å². The summed E-state index contributed by atoms with van der Waals surface area (Å²) in [5.74, 6) is -2.25. The molecule has 178 valence electrons. The molecule has 2 heterocycles. The van der Waals surface area contributed by atoms with E-state index in [4.69, 9.17) is 14.6 Å². The van der Waals surface area contributed by atoms with Crippen molar-refractivity contribution in [3.63, 3.8) is 0 Å². The number of pyridine rings is 1. The third kappa shape index (κ3) is 4.14. The summed E-state index contributed by atoms with van der Waals surface area (Å²) in [5, 5.41) is 8.21. The molecule has 1 N–H and O–H groups in total. The molecule has 7 nitrogen and oxygen atoms in total. The Morgan fingerprint density at radius 2 is 1.60 bits per heavy atom. The van der Waals surface area contributed by atoms with E-state index in [0.29, 0.717) is 35.8 Å². The lowest BCUT2D eigenvalue weighted by molar-refractivity contribution is 0.143. The smallest absolute Gasteiger partial charge is 0.486 e. The Bertz CT molecular complexity index is 1550. The van der Waals surface area contributed by atoms with E-state index in [9.17, 15) is 18.4 Å². The van der Waals surface area contributed by atoms with Gasteiger partial charge in [-0.1, -0.05) is 18.2 Å². The summed E-state index contributed by atoms with van der Waals surface area (Å²) in [4.78, 5) is 23.5. The molecule has 0 radical (unpaired) electrons. The molecule has 3 aromatic carbocycles. The van der Waals surface area contributed by atoms with Crippen molar-refractivity contribution in [1.29, 1.82) is 0 Å². The predicted molar refractivity (Wildman–Crippen MR) is 119 cm³/mol. The molecule has 1 aliphatic rings. The first-order valence-electron chi connectivity index (χ1n) is 10.4. The topological polar surface area (TPSA) is 87.0 Å². The second-order valence-corrected chi connectivity index (χ2v) is 7.74. The highest BCUT2D eigenvalue weighted by Crippen LogP contribution is 2.35. The summed E-state index contributed by atoms with van der Waals surface area (Å²) in [6.07, 6.45) is -0.894. The van der Waals surface area contributed by atoms with Crippen LogP contribution in [0.5, 0.6) is 17.2 Å². The van der Waals surface area contributed by atoms with Gasteiger partial charge in [0.25, 0.3) is 0 Å². The second kappa shape index (κ2) is 8.71. The van der Waals surface area contributed by atoms with Gasteiger partial charge in [0, 0.05) is 5.56 Å². The van der Waals surface area contributed by atoms with E-state index in [1.54, 1.807) is 24.3 Å². The van der Waals surface area contributed by atoms with Crippen LogP contribution < -0.4 is 19.6 Å². The molecule has 1 aromatic heterocycles. The molecule has 35 heavy (non-hydrogen) atoms. The quantitative estimate of drug-likeness (QED) is 0.413. The summed E-state index contributed by atoms with van der Waals surface area (Å²) in [6, 6.07) is 11.2. The van der Waals surface area contributed by atoms with Crippen LogP contribution in [0.15, 0.2) is 59.5 Å². The number of hydrogen-bond acceptors (Lipinski definition) is 5. The normalized spacial score (nSPS) is 12.5. The summed E-state index contributed by atoms with van der Waals surface area (Å²) >= 11 is 0. The summed E-state index contributed by atoms with van der Waals surface area (Å²) in [5.41, 5.74) is -0.270. The minimum Gasteiger partial charge on any atom is -0.486 e. The van der Waals surface area contributed by atoms with Crippen molar-refractivity contribution in [2.24, 2.45) is 0 Å². The molecule has 0 fully saturated rings. The SMILES string of the molecule is O=C(O)Oc1cn(Cc2ccc(-c3ccc4c(c3)OCCO4)cc2F)c2c(F)ccc(F)c2c1=O. The van der Waals surface area contributed by atoms with Gasteiger partial charge in [0.1, 0.15) is 30.7 Å². The van der Waals surface area contributed by atoms with Gasteiger partial charge in [-0.3, -0.25) is 4.79 Å². The van der Waals surface area contributed by atoms with E-state index in [1.807, 2.05) is 0 Å². The van der Waals surface area contributed by atoms with Crippen LogP contribution in [0.2, 0.25) is 0 Å². The van der Waals surface area contributed by atoms with Crippen molar-refractivity contribution in [1.82, 2.24) is 4.57 Å². The number of hydrogen-bond donors (Lipinski definition) is 1. The van der Waals surface area contributed by atoms with Crippen LogP contribution in [0, 0.1) is 17.5 Å². The van der Waals surface area contributed by atoms with E-state index in [2.05, 4.69) is 4.74 Å². The highest BCUT2D eigenvalue weighted by molar-refractivity contribution is 5.82. The fraction of sp³-hybridized carbons (Fsp3) is 0.120. The first kappa shape index (κ1) is 22.3. The third-order valence-electron chi connectivity index (χ3n) is 5.56. The average molecular weight is 483 g/mol. The summed E-state index contributed by atoms with van der Waals surface area (Å²) in [7, 11) is 0. The molecule has 0 amide bonds. The van der Waals surface area contributed by atoms with E-state index in [1.165, 1.54) is 12.1 Å². The number of aromatic nitrogens is 1.